The van der Waals surface area contributed by atoms with Crippen molar-refractivity contribution in [2.45, 2.75) is 18.6 Å². The summed E-state index contributed by atoms with van der Waals surface area (Å²) in [5.41, 5.74) is 0. The lowest BCUT2D eigenvalue weighted by Gasteiger charge is -2.19. The Morgan fingerprint density at radius 1 is 1.77 bits per heavy atom. The van der Waals surface area contributed by atoms with Crippen LogP contribution in [0.15, 0.2) is 0 Å². The number of likely N-dealkylation sites (tertiary alicyclic amines) is 1. The third-order valence-corrected chi connectivity index (χ3v) is 1.98. The van der Waals surface area contributed by atoms with Crippen LogP contribution in [0.3, 0.4) is 0 Å². The van der Waals surface area contributed by atoms with Gasteiger partial charge in [0.05, 0.1) is 25.2 Å². The first-order chi connectivity index (χ1) is 6.13. The zero-order valence-electron chi connectivity index (χ0n) is 7.64. The van der Waals surface area contributed by atoms with Crippen molar-refractivity contribution in [1.82, 2.24) is 4.90 Å². The van der Waals surface area contributed by atoms with Crippen LogP contribution in [0.4, 0.5) is 0 Å². The van der Waals surface area contributed by atoms with Gasteiger partial charge < -0.3 is 19.8 Å². The second-order valence-corrected chi connectivity index (χ2v) is 3.27. The highest BCUT2D eigenvalue weighted by molar-refractivity contribution is 5.79. The first kappa shape index (κ1) is 10.4. The van der Waals surface area contributed by atoms with E-state index >= 15 is 0 Å². The van der Waals surface area contributed by atoms with E-state index in [1.807, 2.05) is 0 Å². The molecular weight excluding hydrogens is 174 g/mol. The molecule has 2 atom stereocenters. The van der Waals surface area contributed by atoms with E-state index in [0.717, 1.165) is 0 Å². The van der Waals surface area contributed by atoms with Crippen LogP contribution in [0.25, 0.3) is 0 Å². The Hall–Kier alpha value is -0.650. The zero-order valence-corrected chi connectivity index (χ0v) is 7.64. The Morgan fingerprint density at radius 2 is 2.46 bits per heavy atom. The summed E-state index contributed by atoms with van der Waals surface area (Å²) >= 11 is 0. The standard InChI is InChI=1S/C8H15NO4/c1-13-5-7(11)4-9-3-6(10)2-8(9)12/h6-7,10-11H,2-5H2,1H3. The van der Waals surface area contributed by atoms with Crippen LogP contribution in [0.2, 0.25) is 0 Å². The minimum atomic E-state index is -0.667. The largest absolute Gasteiger partial charge is 0.391 e. The average Bonchev–Trinajstić information content (AvgIpc) is 2.30. The second-order valence-electron chi connectivity index (χ2n) is 3.27. The maximum Gasteiger partial charge on any atom is 0.225 e. The van der Waals surface area contributed by atoms with Crippen LogP contribution in [0.1, 0.15) is 6.42 Å². The molecule has 0 spiro atoms. The van der Waals surface area contributed by atoms with Crippen molar-refractivity contribution < 1.29 is 19.7 Å². The van der Waals surface area contributed by atoms with Crippen molar-refractivity contribution in [2.24, 2.45) is 0 Å². The molecule has 1 heterocycles. The lowest BCUT2D eigenvalue weighted by molar-refractivity contribution is -0.129. The summed E-state index contributed by atoms with van der Waals surface area (Å²) in [7, 11) is 1.49. The van der Waals surface area contributed by atoms with Crippen LogP contribution < -0.4 is 0 Å². The number of nitrogens with zero attached hydrogens (tertiary/aromatic N) is 1. The molecule has 13 heavy (non-hydrogen) atoms. The number of hydrogen-bond donors (Lipinski definition) is 2. The molecule has 0 saturated carbocycles. The highest BCUT2D eigenvalue weighted by atomic mass is 16.5. The summed E-state index contributed by atoms with van der Waals surface area (Å²) < 4.78 is 4.73. The minimum Gasteiger partial charge on any atom is -0.391 e. The van der Waals surface area contributed by atoms with Gasteiger partial charge in [0, 0.05) is 20.2 Å². The van der Waals surface area contributed by atoms with Crippen LogP contribution >= 0.6 is 0 Å². The second kappa shape index (κ2) is 4.55. The van der Waals surface area contributed by atoms with E-state index in [0.29, 0.717) is 6.54 Å². The lowest BCUT2D eigenvalue weighted by atomic mass is 10.3. The molecule has 1 aliphatic heterocycles. The third kappa shape index (κ3) is 2.95. The van der Waals surface area contributed by atoms with Gasteiger partial charge in [0.25, 0.3) is 0 Å². The fourth-order valence-corrected chi connectivity index (χ4v) is 1.43. The van der Waals surface area contributed by atoms with Crippen molar-refractivity contribution in [2.75, 3.05) is 26.8 Å². The molecule has 0 aromatic heterocycles. The number of carbonyl (C=O) groups is 1. The van der Waals surface area contributed by atoms with E-state index in [-0.39, 0.29) is 25.5 Å². The van der Waals surface area contributed by atoms with Gasteiger partial charge in [-0.15, -0.1) is 0 Å². The Kier molecular flexibility index (Phi) is 3.65. The molecule has 0 bridgehead atoms. The zero-order chi connectivity index (χ0) is 9.84. The van der Waals surface area contributed by atoms with Crippen LogP contribution in [0.5, 0.6) is 0 Å². The fraction of sp³-hybridized carbons (Fsp3) is 0.875. The number of methoxy groups -OCH3 is 1. The molecule has 1 fully saturated rings. The Bertz CT molecular complexity index is 185. The number of hydrogen-bond acceptors (Lipinski definition) is 4. The number of rotatable bonds is 4. The van der Waals surface area contributed by atoms with Crippen molar-refractivity contribution in [1.29, 1.82) is 0 Å². The average molecular weight is 189 g/mol. The maximum atomic E-state index is 11.1. The van der Waals surface area contributed by atoms with Gasteiger partial charge in [-0.1, -0.05) is 0 Å². The monoisotopic (exact) mass is 189 g/mol. The SMILES string of the molecule is COCC(O)CN1CC(O)CC1=O. The molecule has 1 rings (SSSR count). The molecule has 5 nitrogen and oxygen atoms in total. The van der Waals surface area contributed by atoms with Gasteiger partial charge >= 0.3 is 0 Å². The third-order valence-electron chi connectivity index (χ3n) is 1.98. The van der Waals surface area contributed by atoms with Gasteiger partial charge in [-0.05, 0) is 0 Å². The van der Waals surface area contributed by atoms with E-state index in [1.165, 1.54) is 12.0 Å². The summed E-state index contributed by atoms with van der Waals surface area (Å²) in [5, 5.41) is 18.5. The lowest BCUT2D eigenvalue weighted by Crippen LogP contribution is -2.36. The topological polar surface area (TPSA) is 70.0 Å². The van der Waals surface area contributed by atoms with E-state index in [9.17, 15) is 9.90 Å². The van der Waals surface area contributed by atoms with Gasteiger partial charge in [0.1, 0.15) is 0 Å². The van der Waals surface area contributed by atoms with Gasteiger partial charge in [0.2, 0.25) is 5.91 Å². The molecule has 76 valence electrons. The number of aliphatic hydroxyl groups is 2. The molecule has 1 saturated heterocycles. The molecule has 0 aromatic carbocycles. The smallest absolute Gasteiger partial charge is 0.225 e. The van der Waals surface area contributed by atoms with E-state index < -0.39 is 12.2 Å². The predicted octanol–water partition coefficient (Wildman–Crippen LogP) is -1.41. The van der Waals surface area contributed by atoms with Crippen LogP contribution in [-0.2, 0) is 9.53 Å². The van der Waals surface area contributed by atoms with Gasteiger partial charge in [0.15, 0.2) is 0 Å². The summed E-state index contributed by atoms with van der Waals surface area (Å²) in [6.45, 7) is 0.767. The highest BCUT2D eigenvalue weighted by Gasteiger charge is 2.28. The first-order valence-electron chi connectivity index (χ1n) is 4.26. The highest BCUT2D eigenvalue weighted by Crippen LogP contribution is 2.10. The van der Waals surface area contributed by atoms with Gasteiger partial charge in [-0.25, -0.2) is 0 Å². The molecule has 0 radical (unpaired) electrons. The Labute approximate surface area is 76.9 Å². The van der Waals surface area contributed by atoms with Crippen molar-refractivity contribution in [3.8, 4) is 0 Å². The first-order valence-corrected chi connectivity index (χ1v) is 4.26. The van der Waals surface area contributed by atoms with Crippen LogP contribution in [0, 0.1) is 0 Å². The van der Waals surface area contributed by atoms with E-state index in [4.69, 9.17) is 9.84 Å². The quantitative estimate of drug-likeness (QED) is 0.570. The van der Waals surface area contributed by atoms with Gasteiger partial charge in [-0.3, -0.25) is 4.79 Å². The Morgan fingerprint density at radius 3 is 2.92 bits per heavy atom. The molecule has 1 amide bonds. The number of amides is 1. The molecular formula is C8H15NO4. The van der Waals surface area contributed by atoms with Gasteiger partial charge in [-0.2, -0.15) is 0 Å². The molecule has 0 aromatic rings. The summed E-state index contributed by atoms with van der Waals surface area (Å²) in [5.74, 6) is -0.109. The number of aliphatic hydroxyl groups excluding tert-OH is 2. The predicted molar refractivity (Wildman–Crippen MR) is 45.1 cm³/mol. The summed E-state index contributed by atoms with van der Waals surface area (Å²) in [6, 6.07) is 0. The van der Waals surface area contributed by atoms with Crippen molar-refractivity contribution >= 4 is 5.91 Å². The molecule has 2 unspecified atom stereocenters. The fourth-order valence-electron chi connectivity index (χ4n) is 1.43. The van der Waals surface area contributed by atoms with Crippen molar-refractivity contribution in [3.05, 3.63) is 0 Å². The molecule has 1 aliphatic rings. The molecule has 2 N–H and O–H groups in total. The normalized spacial score (nSPS) is 25.3. The van der Waals surface area contributed by atoms with E-state index in [1.54, 1.807) is 0 Å². The summed E-state index contributed by atoms with van der Waals surface area (Å²) in [6.07, 6.45) is -1.08. The summed E-state index contributed by atoms with van der Waals surface area (Å²) in [4.78, 5) is 12.6. The number of β-amino-alcohol motifs (C(OH)–C–C–N with tert-alkyl or cyclic N) is 2. The Balaban J connectivity index is 2.32. The number of carbonyl (C=O) groups excluding carboxylic acids is 1. The maximum absolute atomic E-state index is 11.1. The minimum absolute atomic E-state index is 0.109. The van der Waals surface area contributed by atoms with Crippen LogP contribution in [-0.4, -0.2) is 60.0 Å². The van der Waals surface area contributed by atoms with Crippen molar-refractivity contribution in [3.63, 3.8) is 0 Å². The van der Waals surface area contributed by atoms with E-state index in [2.05, 4.69) is 0 Å². The number of ether oxygens (including phenoxy) is 1. The molecule has 0 aliphatic carbocycles. The molecule has 5 heteroatoms.